The number of rotatable bonds is 11. The maximum absolute atomic E-state index is 15.4. The van der Waals surface area contributed by atoms with Crippen molar-refractivity contribution in [3.05, 3.63) is 76.6 Å². The van der Waals surface area contributed by atoms with Gasteiger partial charge in [0.15, 0.2) is 0 Å². The average Bonchev–Trinajstić information content (AvgIpc) is 3.68. The van der Waals surface area contributed by atoms with E-state index in [2.05, 4.69) is 25.7 Å². The van der Waals surface area contributed by atoms with Crippen LogP contribution in [0.5, 0.6) is 0 Å². The summed E-state index contributed by atoms with van der Waals surface area (Å²) in [6.07, 6.45) is 4.33. The molecule has 1 saturated heterocycles. The molecule has 13 nitrogen and oxygen atoms in total. The minimum Gasteiger partial charge on any atom is -0.447 e. The number of alkyl halides is 2. The first-order valence-corrected chi connectivity index (χ1v) is 18.8. The Labute approximate surface area is 335 Å². The summed E-state index contributed by atoms with van der Waals surface area (Å²) in [5.41, 5.74) is -0.545. The first kappa shape index (κ1) is 42.2. The predicted octanol–water partition coefficient (Wildman–Crippen LogP) is 7.85. The quantitative estimate of drug-likeness (QED) is 0.112. The van der Waals surface area contributed by atoms with Crippen LogP contribution in [-0.2, 0) is 19.8 Å². The van der Waals surface area contributed by atoms with Gasteiger partial charge in [-0.25, -0.2) is 19.3 Å². The van der Waals surface area contributed by atoms with E-state index in [-0.39, 0.29) is 30.0 Å². The van der Waals surface area contributed by atoms with Crippen LogP contribution >= 0.6 is 23.8 Å². The molecule has 0 bridgehead atoms. The summed E-state index contributed by atoms with van der Waals surface area (Å²) in [6.45, 7) is 7.82. The number of hydrogen-bond donors (Lipinski definition) is 2. The van der Waals surface area contributed by atoms with Crippen LogP contribution in [0.2, 0.25) is 5.02 Å². The smallest absolute Gasteiger partial charge is 0.437 e. The molecular formula is C39H47ClF2N8O5S. The highest BCUT2D eigenvalue weighted by Gasteiger charge is 2.55. The molecule has 0 spiro atoms. The second kappa shape index (κ2) is 16.6. The van der Waals surface area contributed by atoms with Crippen LogP contribution in [-0.4, -0.2) is 87.3 Å². The molecule has 5 rings (SSSR count). The first-order valence-electron chi connectivity index (χ1n) is 18.0. The van der Waals surface area contributed by atoms with Crippen molar-refractivity contribution in [2.45, 2.75) is 90.6 Å². The molecule has 2 aliphatic rings. The molecule has 3 aromatic rings. The van der Waals surface area contributed by atoms with Gasteiger partial charge in [-0.15, -0.1) is 4.99 Å². The molecule has 0 radical (unpaired) electrons. The third kappa shape index (κ3) is 10.5. The molecule has 1 aliphatic carbocycles. The zero-order valence-electron chi connectivity index (χ0n) is 32.6. The van der Waals surface area contributed by atoms with E-state index in [1.165, 1.54) is 23.6 Å². The van der Waals surface area contributed by atoms with Gasteiger partial charge in [-0.3, -0.25) is 9.69 Å². The Morgan fingerprint density at radius 2 is 1.80 bits per heavy atom. The van der Waals surface area contributed by atoms with Crippen LogP contribution in [0.3, 0.4) is 0 Å². The van der Waals surface area contributed by atoms with Crippen molar-refractivity contribution < 1.29 is 32.6 Å². The highest BCUT2D eigenvalue weighted by molar-refractivity contribution is 7.80. The lowest BCUT2D eigenvalue weighted by Crippen LogP contribution is -2.47. The van der Waals surface area contributed by atoms with E-state index >= 15 is 4.79 Å². The highest BCUT2D eigenvalue weighted by Crippen LogP contribution is 2.43. The molecule has 1 saturated carbocycles. The monoisotopic (exact) mass is 812 g/mol. The maximum atomic E-state index is 15.4. The molecule has 3 amide bonds. The number of nitrogens with zero attached hydrogens (tertiary/aromatic N) is 6. The fraction of sp³-hybridized carbons (Fsp3) is 0.462. The number of nitrogens with one attached hydrogen (secondary N) is 2. The Morgan fingerprint density at radius 3 is 2.38 bits per heavy atom. The Hall–Kier alpha value is -4.96. The largest absolute Gasteiger partial charge is 0.447 e. The molecule has 56 heavy (non-hydrogen) atoms. The topological polar surface area (TPSA) is 143 Å². The number of thiocarbonyl (C=S) groups is 1. The van der Waals surface area contributed by atoms with Gasteiger partial charge in [0.2, 0.25) is 5.96 Å². The summed E-state index contributed by atoms with van der Waals surface area (Å²) in [7, 11) is 3.58. The Kier molecular flexibility index (Phi) is 12.5. The van der Waals surface area contributed by atoms with E-state index in [1.54, 1.807) is 82.2 Å². The maximum Gasteiger partial charge on any atom is 0.437 e. The molecule has 2 N–H and O–H groups in total. The first-order chi connectivity index (χ1) is 26.2. The van der Waals surface area contributed by atoms with Crippen LogP contribution in [0.25, 0.3) is 11.1 Å². The van der Waals surface area contributed by atoms with Crippen LogP contribution < -0.4 is 10.6 Å². The minimum atomic E-state index is -2.80. The highest BCUT2D eigenvalue weighted by atomic mass is 35.5. The molecular weight excluding hydrogens is 766 g/mol. The second-order valence-electron chi connectivity index (χ2n) is 16.2. The van der Waals surface area contributed by atoms with Gasteiger partial charge in [-0.05, 0) is 74.3 Å². The molecule has 1 aromatic heterocycles. The molecule has 2 atom stereocenters. The van der Waals surface area contributed by atoms with Gasteiger partial charge in [-0.1, -0.05) is 74.9 Å². The minimum absolute atomic E-state index is 0.00140. The number of ether oxygens (including phenoxy) is 2. The van der Waals surface area contributed by atoms with E-state index in [4.69, 9.17) is 33.3 Å². The van der Waals surface area contributed by atoms with Crippen molar-refractivity contribution in [2.24, 2.45) is 15.4 Å². The number of aliphatic imine (C=N–C) groups is 2. The number of halogens is 3. The summed E-state index contributed by atoms with van der Waals surface area (Å²) >= 11 is 12.2. The van der Waals surface area contributed by atoms with Crippen molar-refractivity contribution in [3.63, 3.8) is 0 Å². The van der Waals surface area contributed by atoms with E-state index in [1.807, 2.05) is 20.8 Å². The standard InChI is InChI=1S/C39H47ClF2N8O5S/c1-37(2,3)21-39(26-12-9-23(10-13-26)25-18-44-49(19-25)33(41)42)32(51)50(34(47-39)46-36(53)55-38(4,5)6)30(20-54-35(52)45-27-14-15-27)24-11-16-29(40)28(17-24)31(56)43-22-48(7)8/h9-13,16-19,22,27,30,33H,14-15,20-21H2,1-8H3,(H,45,52)(H,46,47,53)/t30-,39-/m1/s1. The molecule has 2 heterocycles. The molecule has 0 unspecified atom stereocenters. The van der Waals surface area contributed by atoms with Crippen LogP contribution in [0.15, 0.2) is 64.8 Å². The summed E-state index contributed by atoms with van der Waals surface area (Å²) in [4.78, 5) is 53.7. The van der Waals surface area contributed by atoms with Gasteiger partial charge in [0, 0.05) is 37.5 Å². The van der Waals surface area contributed by atoms with Crippen LogP contribution in [0.4, 0.5) is 18.4 Å². The molecule has 2 aromatic carbocycles. The zero-order valence-corrected chi connectivity index (χ0v) is 34.2. The number of guanidine groups is 1. The van der Waals surface area contributed by atoms with E-state index in [9.17, 15) is 18.4 Å². The lowest BCUT2D eigenvalue weighted by Gasteiger charge is -2.35. The van der Waals surface area contributed by atoms with Crippen LogP contribution in [0, 0.1) is 5.41 Å². The zero-order chi connectivity index (χ0) is 41.2. The van der Waals surface area contributed by atoms with Crippen molar-refractivity contribution >= 4 is 59.2 Å². The van der Waals surface area contributed by atoms with Crippen LogP contribution in [0.1, 0.15) is 90.1 Å². The summed E-state index contributed by atoms with van der Waals surface area (Å²) in [5.74, 6) is -0.648. The summed E-state index contributed by atoms with van der Waals surface area (Å²) in [6, 6.07) is 10.7. The average molecular weight is 813 g/mol. The van der Waals surface area contributed by atoms with Crippen molar-refractivity contribution in [1.82, 2.24) is 30.2 Å². The Bertz CT molecular complexity index is 2020. The Morgan fingerprint density at radius 1 is 1.12 bits per heavy atom. The molecule has 1 aliphatic heterocycles. The fourth-order valence-electron chi connectivity index (χ4n) is 6.16. The van der Waals surface area contributed by atoms with Crippen molar-refractivity contribution in [3.8, 4) is 11.1 Å². The van der Waals surface area contributed by atoms with Gasteiger partial charge in [0.25, 0.3) is 5.91 Å². The van der Waals surface area contributed by atoms with Crippen molar-refractivity contribution in [2.75, 3.05) is 20.7 Å². The normalized spacial score (nSPS) is 18.7. The van der Waals surface area contributed by atoms with E-state index in [0.717, 1.165) is 12.8 Å². The second-order valence-corrected chi connectivity index (χ2v) is 17.0. The number of alkyl carbamates (subject to hydrolysis) is 1. The predicted molar refractivity (Wildman–Crippen MR) is 214 cm³/mol. The number of carbonyl (C=O) groups is 3. The van der Waals surface area contributed by atoms with Gasteiger partial charge >= 0.3 is 18.7 Å². The number of amides is 3. The number of aromatic nitrogens is 2. The van der Waals surface area contributed by atoms with E-state index < -0.39 is 47.2 Å². The lowest BCUT2D eigenvalue weighted by atomic mass is 9.75. The van der Waals surface area contributed by atoms with Crippen molar-refractivity contribution in [1.29, 1.82) is 0 Å². The van der Waals surface area contributed by atoms with Gasteiger partial charge in [-0.2, -0.15) is 13.9 Å². The van der Waals surface area contributed by atoms with E-state index in [0.29, 0.717) is 37.5 Å². The number of carbonyl (C=O) groups excluding carboxylic acids is 3. The van der Waals surface area contributed by atoms with Gasteiger partial charge in [0.1, 0.15) is 22.7 Å². The third-order valence-corrected chi connectivity index (χ3v) is 9.29. The summed E-state index contributed by atoms with van der Waals surface area (Å²) < 4.78 is 38.5. The number of hydrogen-bond acceptors (Lipinski definition) is 7. The lowest BCUT2D eigenvalue weighted by molar-refractivity contribution is -0.134. The molecule has 17 heteroatoms. The molecule has 2 fully saturated rings. The Balaban J connectivity index is 1.67. The SMILES string of the molecule is CN(C)C=NC(=S)c1cc([C@@H](COC(=O)NC2CC2)N2C(=O)[C@@](CC(C)(C)C)(c3ccc(-c4cnn(C(F)F)c4)cc3)NC2=NC(=O)OC(C)(C)C)ccc1Cl. The third-order valence-electron chi connectivity index (χ3n) is 8.63. The number of benzene rings is 2. The molecule has 300 valence electrons. The summed E-state index contributed by atoms with van der Waals surface area (Å²) in [5, 5.41) is 10.2. The fourth-order valence-corrected chi connectivity index (χ4v) is 6.64. The van der Waals surface area contributed by atoms with Gasteiger partial charge in [0.05, 0.1) is 23.6 Å². The van der Waals surface area contributed by atoms with Gasteiger partial charge < -0.3 is 25.0 Å².